The molecule has 0 amide bonds. The van der Waals surface area contributed by atoms with E-state index in [2.05, 4.69) is 5.43 Å². The summed E-state index contributed by atoms with van der Waals surface area (Å²) in [6.07, 6.45) is 1.67. The summed E-state index contributed by atoms with van der Waals surface area (Å²) < 4.78 is 10.6. The van der Waals surface area contributed by atoms with Crippen LogP contribution in [0.1, 0.15) is 22.9 Å². The van der Waals surface area contributed by atoms with Gasteiger partial charge in [-0.1, -0.05) is 12.1 Å². The van der Waals surface area contributed by atoms with E-state index in [-0.39, 0.29) is 6.04 Å². The van der Waals surface area contributed by atoms with Crippen LogP contribution in [0.25, 0.3) is 0 Å². The van der Waals surface area contributed by atoms with Crippen molar-refractivity contribution in [2.45, 2.75) is 13.0 Å². The summed E-state index contributed by atoms with van der Waals surface area (Å²) in [6.45, 7) is 1.99. The van der Waals surface area contributed by atoms with E-state index >= 15 is 0 Å². The van der Waals surface area contributed by atoms with Crippen molar-refractivity contribution in [2.75, 3.05) is 7.11 Å². The summed E-state index contributed by atoms with van der Waals surface area (Å²) in [5.41, 5.74) is 4.87. The largest absolute Gasteiger partial charge is 0.497 e. The molecule has 0 spiro atoms. The number of hydrogen-bond donors (Lipinski definition) is 2. The van der Waals surface area contributed by atoms with Crippen LogP contribution in [0.15, 0.2) is 41.0 Å². The smallest absolute Gasteiger partial charge is 0.129 e. The number of nitrogens with two attached hydrogens (primary N) is 1. The van der Waals surface area contributed by atoms with E-state index in [0.29, 0.717) is 0 Å². The lowest BCUT2D eigenvalue weighted by atomic mass is 10.0. The normalized spacial score (nSPS) is 12.4. The molecule has 1 heterocycles. The molecule has 0 bridgehead atoms. The second-order valence-electron chi connectivity index (χ2n) is 3.84. The summed E-state index contributed by atoms with van der Waals surface area (Å²) >= 11 is 0. The standard InChI is InChI=1S/C13H16N2O2/c1-9-7-8-17-13(9)12(15-14)10-3-5-11(16-2)6-4-10/h3-8,12,15H,14H2,1-2H3. The molecular weight excluding hydrogens is 216 g/mol. The number of rotatable bonds is 4. The van der Waals surface area contributed by atoms with Crippen molar-refractivity contribution in [1.29, 1.82) is 0 Å². The Morgan fingerprint density at radius 1 is 1.24 bits per heavy atom. The molecule has 0 saturated carbocycles. The molecule has 4 nitrogen and oxygen atoms in total. The number of hydrazine groups is 1. The van der Waals surface area contributed by atoms with Crippen molar-refractivity contribution in [3.63, 3.8) is 0 Å². The van der Waals surface area contributed by atoms with Gasteiger partial charge in [-0.2, -0.15) is 0 Å². The summed E-state index contributed by atoms with van der Waals surface area (Å²) in [6, 6.07) is 9.51. The highest BCUT2D eigenvalue weighted by Crippen LogP contribution is 2.26. The lowest BCUT2D eigenvalue weighted by molar-refractivity contribution is 0.413. The van der Waals surface area contributed by atoms with E-state index < -0.39 is 0 Å². The molecule has 0 fully saturated rings. The average Bonchev–Trinajstić information content (AvgIpc) is 2.78. The van der Waals surface area contributed by atoms with Crippen LogP contribution in [-0.2, 0) is 0 Å². The van der Waals surface area contributed by atoms with Crippen molar-refractivity contribution in [1.82, 2.24) is 5.43 Å². The molecule has 3 N–H and O–H groups in total. The Bertz CT molecular complexity index is 476. The molecule has 2 rings (SSSR count). The van der Waals surface area contributed by atoms with E-state index in [4.69, 9.17) is 15.0 Å². The molecule has 1 aromatic heterocycles. The zero-order valence-corrected chi connectivity index (χ0v) is 9.94. The van der Waals surface area contributed by atoms with Gasteiger partial charge in [0.1, 0.15) is 17.6 Å². The summed E-state index contributed by atoms with van der Waals surface area (Å²) in [5.74, 6) is 7.25. The summed E-state index contributed by atoms with van der Waals surface area (Å²) in [4.78, 5) is 0. The molecule has 17 heavy (non-hydrogen) atoms. The van der Waals surface area contributed by atoms with Gasteiger partial charge in [-0.25, -0.2) is 5.43 Å². The number of aryl methyl sites for hydroxylation is 1. The van der Waals surface area contributed by atoms with Crippen LogP contribution in [-0.4, -0.2) is 7.11 Å². The third-order valence-electron chi connectivity index (χ3n) is 2.78. The predicted octanol–water partition coefficient (Wildman–Crippen LogP) is 2.15. The van der Waals surface area contributed by atoms with Crippen LogP contribution in [0.2, 0.25) is 0 Å². The predicted molar refractivity (Wildman–Crippen MR) is 65.6 cm³/mol. The van der Waals surface area contributed by atoms with Gasteiger partial charge in [0.25, 0.3) is 0 Å². The fourth-order valence-corrected chi connectivity index (χ4v) is 1.80. The molecule has 1 aromatic carbocycles. The number of benzene rings is 1. The molecule has 0 radical (unpaired) electrons. The monoisotopic (exact) mass is 232 g/mol. The first-order valence-electron chi connectivity index (χ1n) is 5.40. The SMILES string of the molecule is COc1ccc(C(NN)c2occc2C)cc1. The van der Waals surface area contributed by atoms with Gasteiger partial charge in [0, 0.05) is 0 Å². The highest BCUT2D eigenvalue weighted by Gasteiger charge is 2.17. The van der Waals surface area contributed by atoms with Crippen molar-refractivity contribution >= 4 is 0 Å². The van der Waals surface area contributed by atoms with Crippen molar-refractivity contribution in [3.05, 3.63) is 53.5 Å². The third kappa shape index (κ3) is 2.33. The molecule has 1 unspecified atom stereocenters. The Morgan fingerprint density at radius 3 is 2.41 bits per heavy atom. The first kappa shape index (κ1) is 11.7. The number of furan rings is 1. The molecule has 1 atom stereocenters. The Hall–Kier alpha value is -1.78. The number of methoxy groups -OCH3 is 1. The van der Waals surface area contributed by atoms with Gasteiger partial charge in [-0.05, 0) is 36.2 Å². The first-order valence-corrected chi connectivity index (χ1v) is 5.40. The van der Waals surface area contributed by atoms with Crippen LogP contribution in [0.4, 0.5) is 0 Å². The van der Waals surface area contributed by atoms with Crippen LogP contribution >= 0.6 is 0 Å². The maximum atomic E-state index is 5.59. The molecule has 0 aliphatic rings. The minimum atomic E-state index is -0.143. The highest BCUT2D eigenvalue weighted by molar-refractivity contribution is 5.34. The summed E-state index contributed by atoms with van der Waals surface area (Å²) in [5, 5.41) is 0. The Labute approximate surface area is 100 Å². The fourth-order valence-electron chi connectivity index (χ4n) is 1.80. The molecule has 2 aromatic rings. The second-order valence-corrected chi connectivity index (χ2v) is 3.84. The van der Waals surface area contributed by atoms with Gasteiger partial charge in [0.2, 0.25) is 0 Å². The molecule has 4 heteroatoms. The second kappa shape index (κ2) is 5.03. The Kier molecular flexibility index (Phi) is 3.46. The van der Waals surface area contributed by atoms with Crippen molar-refractivity contribution < 1.29 is 9.15 Å². The third-order valence-corrected chi connectivity index (χ3v) is 2.78. The lowest BCUT2D eigenvalue weighted by Crippen LogP contribution is -2.28. The number of ether oxygens (including phenoxy) is 1. The summed E-state index contributed by atoms with van der Waals surface area (Å²) in [7, 11) is 1.64. The Balaban J connectivity index is 2.32. The van der Waals surface area contributed by atoms with Crippen molar-refractivity contribution in [3.8, 4) is 5.75 Å². The highest BCUT2D eigenvalue weighted by atomic mass is 16.5. The van der Waals surface area contributed by atoms with E-state index in [1.807, 2.05) is 37.3 Å². The number of hydrogen-bond acceptors (Lipinski definition) is 4. The van der Waals surface area contributed by atoms with Crippen LogP contribution in [0, 0.1) is 6.92 Å². The zero-order valence-electron chi connectivity index (χ0n) is 9.94. The average molecular weight is 232 g/mol. The maximum Gasteiger partial charge on any atom is 0.129 e. The van der Waals surface area contributed by atoms with Gasteiger partial charge in [-0.3, -0.25) is 5.84 Å². The molecule has 90 valence electrons. The van der Waals surface area contributed by atoms with Gasteiger partial charge >= 0.3 is 0 Å². The van der Waals surface area contributed by atoms with Crippen LogP contribution in [0.5, 0.6) is 5.75 Å². The molecule has 0 aliphatic heterocycles. The molecule has 0 aliphatic carbocycles. The van der Waals surface area contributed by atoms with Crippen LogP contribution in [0.3, 0.4) is 0 Å². The zero-order chi connectivity index (χ0) is 12.3. The fraction of sp³-hybridized carbons (Fsp3) is 0.231. The van der Waals surface area contributed by atoms with Crippen molar-refractivity contribution in [2.24, 2.45) is 5.84 Å². The molecular formula is C13H16N2O2. The van der Waals surface area contributed by atoms with E-state index in [1.165, 1.54) is 0 Å². The van der Waals surface area contributed by atoms with Crippen LogP contribution < -0.4 is 16.0 Å². The van der Waals surface area contributed by atoms with Gasteiger partial charge in [0.15, 0.2) is 0 Å². The van der Waals surface area contributed by atoms with E-state index in [1.54, 1.807) is 13.4 Å². The van der Waals surface area contributed by atoms with Gasteiger partial charge in [-0.15, -0.1) is 0 Å². The van der Waals surface area contributed by atoms with Gasteiger partial charge < -0.3 is 9.15 Å². The number of nitrogens with one attached hydrogen (secondary N) is 1. The topological polar surface area (TPSA) is 60.4 Å². The van der Waals surface area contributed by atoms with E-state index in [0.717, 1.165) is 22.6 Å². The van der Waals surface area contributed by atoms with E-state index in [9.17, 15) is 0 Å². The minimum absolute atomic E-state index is 0.143. The first-order chi connectivity index (χ1) is 8.26. The Morgan fingerprint density at radius 2 is 1.94 bits per heavy atom. The van der Waals surface area contributed by atoms with Gasteiger partial charge in [0.05, 0.1) is 13.4 Å². The maximum absolute atomic E-state index is 5.59. The minimum Gasteiger partial charge on any atom is -0.497 e. The lowest BCUT2D eigenvalue weighted by Gasteiger charge is -2.15. The molecule has 0 saturated heterocycles. The quantitative estimate of drug-likeness (QED) is 0.626.